The molecule has 0 amide bonds. The first-order chi connectivity index (χ1) is 17.0. The molecule has 3 aliphatic rings. The van der Waals surface area contributed by atoms with E-state index in [9.17, 15) is 8.42 Å². The van der Waals surface area contributed by atoms with Gasteiger partial charge in [0.2, 0.25) is 16.0 Å². The van der Waals surface area contributed by atoms with Gasteiger partial charge in [0.05, 0.1) is 4.90 Å². The predicted molar refractivity (Wildman–Crippen MR) is 139 cm³/mol. The average Bonchev–Trinajstić information content (AvgIpc) is 3.16. The number of aryl methyl sites for hydroxylation is 1. The lowest BCUT2D eigenvalue weighted by atomic mass is 10.1. The number of benzene rings is 1. The van der Waals surface area contributed by atoms with Crippen molar-refractivity contribution in [3.05, 3.63) is 42.1 Å². The lowest BCUT2D eigenvalue weighted by Gasteiger charge is -2.36. The number of anilines is 2. The zero-order valence-corrected chi connectivity index (χ0v) is 21.6. The summed E-state index contributed by atoms with van der Waals surface area (Å²) in [5, 5.41) is 3.57. The summed E-state index contributed by atoms with van der Waals surface area (Å²) in [6, 6.07) is 9.94. The molecule has 3 saturated heterocycles. The molecule has 0 bridgehead atoms. The number of rotatable bonds is 6. The minimum Gasteiger partial charge on any atom is -0.356 e. The highest BCUT2D eigenvalue weighted by molar-refractivity contribution is 7.89. The first kappa shape index (κ1) is 24.5. The van der Waals surface area contributed by atoms with Crippen molar-refractivity contribution in [1.82, 2.24) is 19.2 Å². The fourth-order valence-corrected chi connectivity index (χ4v) is 7.09. The van der Waals surface area contributed by atoms with Gasteiger partial charge >= 0.3 is 0 Å². The maximum absolute atomic E-state index is 13.0. The van der Waals surface area contributed by atoms with E-state index in [1.54, 1.807) is 16.4 Å². The molecule has 4 heterocycles. The molecule has 35 heavy (non-hydrogen) atoms. The van der Waals surface area contributed by atoms with Crippen LogP contribution in [0.3, 0.4) is 0 Å². The second-order valence-corrected chi connectivity index (χ2v) is 12.2. The van der Waals surface area contributed by atoms with Gasteiger partial charge in [-0.3, -0.25) is 4.90 Å². The fraction of sp³-hybridized carbons (Fsp3) is 0.615. The maximum atomic E-state index is 13.0. The summed E-state index contributed by atoms with van der Waals surface area (Å²) in [4.78, 5) is 14.6. The van der Waals surface area contributed by atoms with Crippen LogP contribution in [-0.4, -0.2) is 78.9 Å². The van der Waals surface area contributed by atoms with E-state index in [1.807, 2.05) is 31.3 Å². The third kappa shape index (κ3) is 5.78. The topological polar surface area (TPSA) is 81.7 Å². The number of nitrogens with zero attached hydrogens (tertiary/aromatic N) is 5. The van der Waals surface area contributed by atoms with E-state index in [2.05, 4.69) is 20.1 Å². The highest BCUT2D eigenvalue weighted by atomic mass is 32.2. The molecule has 0 saturated carbocycles. The van der Waals surface area contributed by atoms with Gasteiger partial charge in [-0.1, -0.05) is 30.5 Å². The van der Waals surface area contributed by atoms with E-state index >= 15 is 0 Å². The van der Waals surface area contributed by atoms with Crippen molar-refractivity contribution < 1.29 is 8.42 Å². The van der Waals surface area contributed by atoms with Gasteiger partial charge in [0.15, 0.2) is 0 Å². The minimum atomic E-state index is -3.41. The smallest absolute Gasteiger partial charge is 0.243 e. The van der Waals surface area contributed by atoms with Crippen molar-refractivity contribution in [3.63, 3.8) is 0 Å². The van der Waals surface area contributed by atoms with E-state index in [1.165, 1.54) is 25.7 Å². The van der Waals surface area contributed by atoms with Gasteiger partial charge in [-0.2, -0.15) is 9.29 Å². The van der Waals surface area contributed by atoms with Crippen molar-refractivity contribution in [1.29, 1.82) is 0 Å². The lowest BCUT2D eigenvalue weighted by molar-refractivity contribution is 0.167. The molecule has 8 nitrogen and oxygen atoms in total. The molecule has 1 unspecified atom stereocenters. The van der Waals surface area contributed by atoms with Crippen LogP contribution in [-0.2, 0) is 10.0 Å². The fourth-order valence-electron chi connectivity index (χ4n) is 5.62. The Hall–Kier alpha value is -2.23. The molecule has 3 aliphatic heterocycles. The van der Waals surface area contributed by atoms with Gasteiger partial charge in [-0.25, -0.2) is 13.4 Å². The van der Waals surface area contributed by atoms with E-state index in [4.69, 9.17) is 4.98 Å². The Bertz CT molecular complexity index is 1080. The zero-order valence-electron chi connectivity index (χ0n) is 20.8. The summed E-state index contributed by atoms with van der Waals surface area (Å²) >= 11 is 0. The van der Waals surface area contributed by atoms with Gasteiger partial charge < -0.3 is 10.2 Å². The van der Waals surface area contributed by atoms with Crippen LogP contribution in [0.2, 0.25) is 0 Å². The van der Waals surface area contributed by atoms with Crippen LogP contribution in [0.25, 0.3) is 0 Å². The van der Waals surface area contributed by atoms with Crippen LogP contribution < -0.4 is 10.2 Å². The third-order valence-electron chi connectivity index (χ3n) is 7.72. The number of likely N-dealkylation sites (tertiary alicyclic amines) is 1. The van der Waals surface area contributed by atoms with Crippen molar-refractivity contribution >= 4 is 21.8 Å². The lowest BCUT2D eigenvalue weighted by Crippen LogP contribution is -2.46. The number of aromatic nitrogens is 2. The monoisotopic (exact) mass is 498 g/mol. The Morgan fingerprint density at radius 1 is 0.886 bits per heavy atom. The number of piperidine rings is 1. The van der Waals surface area contributed by atoms with Gasteiger partial charge in [0, 0.05) is 57.5 Å². The van der Waals surface area contributed by atoms with E-state index in [0.717, 1.165) is 62.8 Å². The molecule has 1 atom stereocenters. The Morgan fingerprint density at radius 3 is 2.31 bits per heavy atom. The molecular formula is C26H38N6O2S. The summed E-state index contributed by atoms with van der Waals surface area (Å²) in [6.45, 7) is 7.26. The van der Waals surface area contributed by atoms with Crippen LogP contribution in [0.4, 0.5) is 11.8 Å². The Morgan fingerprint density at radius 2 is 1.60 bits per heavy atom. The summed E-state index contributed by atoms with van der Waals surface area (Å²) in [5.74, 6) is 1.75. The van der Waals surface area contributed by atoms with Crippen LogP contribution in [0.5, 0.6) is 0 Å². The standard InChI is InChI=1S/C26H38N6O2S/c1-21-6-8-24(9-7-21)35(33,34)32-18-12-23(13-19-32)31-17-11-22(20-31)28-26-27-14-10-25(29-26)30-15-4-2-3-5-16-30/h6-10,14,22-23H,2-5,11-13,15-20H2,1H3,(H,27,28,29). The quantitative estimate of drug-likeness (QED) is 0.653. The first-order valence-electron chi connectivity index (χ1n) is 13.1. The molecule has 0 radical (unpaired) electrons. The van der Waals surface area contributed by atoms with Crippen molar-refractivity contribution in [3.8, 4) is 0 Å². The zero-order chi connectivity index (χ0) is 24.3. The van der Waals surface area contributed by atoms with Crippen LogP contribution in [0, 0.1) is 6.92 Å². The summed E-state index contributed by atoms with van der Waals surface area (Å²) in [5.41, 5.74) is 1.07. The normalized spacial score (nSPS) is 23.3. The molecule has 0 spiro atoms. The summed E-state index contributed by atoms with van der Waals surface area (Å²) in [6.07, 6.45) is 9.75. The van der Waals surface area contributed by atoms with Crippen molar-refractivity contribution in [2.45, 2.75) is 68.8 Å². The van der Waals surface area contributed by atoms with Crippen molar-refractivity contribution in [2.24, 2.45) is 0 Å². The van der Waals surface area contributed by atoms with Gasteiger partial charge in [0.1, 0.15) is 5.82 Å². The first-order valence-corrected chi connectivity index (χ1v) is 14.6. The second kappa shape index (κ2) is 10.8. The highest BCUT2D eigenvalue weighted by Crippen LogP contribution is 2.27. The molecule has 5 rings (SSSR count). The Balaban J connectivity index is 1.13. The largest absolute Gasteiger partial charge is 0.356 e. The molecular weight excluding hydrogens is 460 g/mol. The molecule has 9 heteroatoms. The van der Waals surface area contributed by atoms with Crippen molar-refractivity contribution in [2.75, 3.05) is 49.5 Å². The molecule has 3 fully saturated rings. The minimum absolute atomic E-state index is 0.323. The summed E-state index contributed by atoms with van der Waals surface area (Å²) in [7, 11) is -3.41. The van der Waals surface area contributed by atoms with Crippen LogP contribution >= 0.6 is 0 Å². The molecule has 1 N–H and O–H groups in total. The van der Waals surface area contributed by atoms with E-state index in [-0.39, 0.29) is 0 Å². The molecule has 1 aromatic heterocycles. The number of hydrogen-bond donors (Lipinski definition) is 1. The third-order valence-corrected chi connectivity index (χ3v) is 9.64. The molecule has 2 aromatic rings. The van der Waals surface area contributed by atoms with Crippen LogP contribution in [0.1, 0.15) is 50.5 Å². The maximum Gasteiger partial charge on any atom is 0.243 e. The Labute approximate surface area is 209 Å². The molecule has 1 aromatic carbocycles. The number of nitrogens with one attached hydrogen (secondary N) is 1. The van der Waals surface area contributed by atoms with Gasteiger partial charge in [0.25, 0.3) is 0 Å². The number of sulfonamides is 1. The Kier molecular flexibility index (Phi) is 7.55. The predicted octanol–water partition coefficient (Wildman–Crippen LogP) is 3.50. The van der Waals surface area contributed by atoms with E-state index in [0.29, 0.717) is 30.1 Å². The SMILES string of the molecule is Cc1ccc(S(=O)(=O)N2CCC(N3CCC(Nc4nccc(N5CCCCCC5)n4)C3)CC2)cc1. The number of hydrogen-bond acceptors (Lipinski definition) is 7. The van der Waals surface area contributed by atoms with Gasteiger partial charge in [-0.15, -0.1) is 0 Å². The second-order valence-electron chi connectivity index (χ2n) is 10.2. The van der Waals surface area contributed by atoms with E-state index < -0.39 is 10.0 Å². The van der Waals surface area contributed by atoms with Gasteiger partial charge in [-0.05, 0) is 57.2 Å². The highest BCUT2D eigenvalue weighted by Gasteiger charge is 2.34. The molecule has 0 aliphatic carbocycles. The molecule has 190 valence electrons. The summed E-state index contributed by atoms with van der Waals surface area (Å²) < 4.78 is 27.7. The average molecular weight is 499 g/mol. The van der Waals surface area contributed by atoms with Crippen LogP contribution in [0.15, 0.2) is 41.4 Å².